The number of hydrogen-bond donors (Lipinski definition) is 2. The fraction of sp³-hybridized carbons (Fsp3) is 0.214. The molecule has 0 amide bonds. The number of thiol groups is 1. The number of aryl methyl sites for hydroxylation is 1. The molecule has 4 rings (SSSR count). The van der Waals surface area contributed by atoms with Crippen LogP contribution < -0.4 is 9.04 Å². The molecule has 1 N–H and O–H groups in total. The number of anilines is 1. The van der Waals surface area contributed by atoms with Gasteiger partial charge in [-0.2, -0.15) is 25.9 Å². The SMILES string of the molecule is Cc1oc(-c2ccc(C(F)(F)F)cc2)nc1COc1cccc(CN(CC(=O)O)S(=O)(=O)N(C)c2ccc(S)cc2)c1. The highest BCUT2D eigenvalue weighted by Crippen LogP contribution is 2.31. The number of benzene rings is 3. The molecule has 222 valence electrons. The maximum atomic E-state index is 13.3. The van der Waals surface area contributed by atoms with Crippen molar-refractivity contribution in [1.82, 2.24) is 9.29 Å². The van der Waals surface area contributed by atoms with Crippen LogP contribution in [0.15, 0.2) is 82.1 Å². The third-order valence-corrected chi connectivity index (χ3v) is 8.29. The van der Waals surface area contributed by atoms with Crippen molar-refractivity contribution in [2.24, 2.45) is 0 Å². The van der Waals surface area contributed by atoms with Gasteiger partial charge in [0, 0.05) is 24.1 Å². The number of hydrogen-bond acceptors (Lipinski definition) is 7. The summed E-state index contributed by atoms with van der Waals surface area (Å²) in [6.07, 6.45) is -4.46. The van der Waals surface area contributed by atoms with Crippen LogP contribution in [0.25, 0.3) is 11.5 Å². The molecule has 0 saturated heterocycles. The van der Waals surface area contributed by atoms with Gasteiger partial charge in [0.05, 0.1) is 11.3 Å². The molecule has 0 spiro atoms. The number of halogens is 3. The van der Waals surface area contributed by atoms with Gasteiger partial charge in [-0.25, -0.2) is 4.98 Å². The third kappa shape index (κ3) is 7.43. The Balaban J connectivity index is 1.48. The molecule has 3 aromatic carbocycles. The van der Waals surface area contributed by atoms with Gasteiger partial charge in [-0.3, -0.25) is 9.10 Å². The van der Waals surface area contributed by atoms with E-state index in [1.165, 1.54) is 19.2 Å². The molecular weight excluding hydrogens is 595 g/mol. The summed E-state index contributed by atoms with van der Waals surface area (Å²) in [5.74, 6) is -0.420. The van der Waals surface area contributed by atoms with Crippen LogP contribution >= 0.6 is 12.6 Å². The lowest BCUT2D eigenvalue weighted by Gasteiger charge is -2.28. The van der Waals surface area contributed by atoms with E-state index in [0.717, 1.165) is 20.7 Å². The smallest absolute Gasteiger partial charge is 0.416 e. The second kappa shape index (κ2) is 12.5. The van der Waals surface area contributed by atoms with Crippen molar-refractivity contribution < 1.29 is 40.6 Å². The molecule has 0 aliphatic carbocycles. The lowest BCUT2D eigenvalue weighted by Crippen LogP contribution is -2.44. The van der Waals surface area contributed by atoms with Crippen molar-refractivity contribution in [2.45, 2.75) is 31.1 Å². The van der Waals surface area contributed by atoms with Crippen LogP contribution in [-0.2, 0) is 34.3 Å². The Kier molecular flexibility index (Phi) is 9.18. The number of ether oxygens (including phenoxy) is 1. The zero-order valence-corrected chi connectivity index (χ0v) is 24.1. The summed E-state index contributed by atoms with van der Waals surface area (Å²) >= 11 is 4.20. The minimum absolute atomic E-state index is 0.0412. The largest absolute Gasteiger partial charge is 0.487 e. The van der Waals surface area contributed by atoms with E-state index in [-0.39, 0.29) is 19.0 Å². The number of alkyl halides is 3. The highest BCUT2D eigenvalue weighted by atomic mass is 32.2. The van der Waals surface area contributed by atoms with E-state index >= 15 is 0 Å². The maximum absolute atomic E-state index is 13.3. The Morgan fingerprint density at radius 3 is 2.36 bits per heavy atom. The fourth-order valence-electron chi connectivity index (χ4n) is 3.92. The van der Waals surface area contributed by atoms with Crippen LogP contribution in [0, 0.1) is 6.92 Å². The number of nitrogens with zero attached hydrogens (tertiary/aromatic N) is 3. The number of carboxylic acid groups (broad SMARTS) is 1. The first-order valence-corrected chi connectivity index (χ1v) is 14.2. The topological polar surface area (TPSA) is 113 Å². The predicted octanol–water partition coefficient (Wildman–Crippen LogP) is 5.80. The molecule has 1 aromatic heterocycles. The summed E-state index contributed by atoms with van der Waals surface area (Å²) in [5, 5.41) is 9.41. The Bertz CT molecular complexity index is 1660. The zero-order valence-electron chi connectivity index (χ0n) is 22.4. The summed E-state index contributed by atoms with van der Waals surface area (Å²) in [4.78, 5) is 16.5. The molecule has 0 bridgehead atoms. The van der Waals surface area contributed by atoms with Gasteiger partial charge in [0.15, 0.2) is 0 Å². The standard InChI is InChI=1S/C28H26F3N3O6S2/c1-18-25(32-27(40-18)20-6-8-21(9-7-20)28(29,30)31)17-39-23-5-3-4-19(14-23)15-34(16-26(35)36)42(37,38)33(2)22-10-12-24(41)13-11-22/h3-14,41H,15-17H2,1-2H3,(H,35,36). The van der Waals surface area contributed by atoms with Gasteiger partial charge in [-0.05, 0) is 73.2 Å². The van der Waals surface area contributed by atoms with Gasteiger partial charge < -0.3 is 14.3 Å². The zero-order chi connectivity index (χ0) is 30.7. The lowest BCUT2D eigenvalue weighted by molar-refractivity contribution is -0.138. The Labute approximate surface area is 245 Å². The van der Waals surface area contributed by atoms with Crippen LogP contribution in [0.4, 0.5) is 18.9 Å². The molecule has 0 fully saturated rings. The van der Waals surface area contributed by atoms with Gasteiger partial charge in [-0.1, -0.05) is 12.1 Å². The average Bonchev–Trinajstić information content (AvgIpc) is 3.31. The molecule has 0 unspecified atom stereocenters. The first kappa shape index (κ1) is 30.9. The van der Waals surface area contributed by atoms with E-state index < -0.39 is 34.5 Å². The Hall–Kier alpha value is -4.01. The molecule has 0 aliphatic heterocycles. The van der Waals surface area contributed by atoms with E-state index in [0.29, 0.717) is 38.9 Å². The first-order valence-electron chi connectivity index (χ1n) is 12.3. The van der Waals surface area contributed by atoms with E-state index in [2.05, 4.69) is 17.6 Å². The summed E-state index contributed by atoms with van der Waals surface area (Å²) in [6, 6.07) is 17.3. The molecule has 0 aliphatic rings. The second-order valence-electron chi connectivity index (χ2n) is 9.19. The number of rotatable bonds is 11. The number of aliphatic carboxylic acids is 1. The van der Waals surface area contributed by atoms with Gasteiger partial charge in [-0.15, -0.1) is 12.6 Å². The van der Waals surface area contributed by atoms with Crippen molar-refractivity contribution >= 4 is 34.5 Å². The maximum Gasteiger partial charge on any atom is 0.416 e. The lowest BCUT2D eigenvalue weighted by atomic mass is 10.1. The summed E-state index contributed by atoms with van der Waals surface area (Å²) in [7, 11) is -2.90. The highest BCUT2D eigenvalue weighted by Gasteiger charge is 2.31. The van der Waals surface area contributed by atoms with Crippen molar-refractivity contribution in [3.05, 3.63) is 95.4 Å². The van der Waals surface area contributed by atoms with E-state index in [4.69, 9.17) is 9.15 Å². The molecule has 9 nitrogen and oxygen atoms in total. The van der Waals surface area contributed by atoms with Gasteiger partial charge >= 0.3 is 22.4 Å². The number of oxazole rings is 1. The first-order chi connectivity index (χ1) is 19.7. The van der Waals surface area contributed by atoms with Gasteiger partial charge in [0.25, 0.3) is 0 Å². The number of carboxylic acids is 1. The van der Waals surface area contributed by atoms with Crippen molar-refractivity contribution in [3.8, 4) is 17.2 Å². The molecule has 14 heteroatoms. The molecule has 1 heterocycles. The molecule has 4 aromatic rings. The van der Waals surface area contributed by atoms with Crippen molar-refractivity contribution in [2.75, 3.05) is 17.9 Å². The quantitative estimate of drug-likeness (QED) is 0.204. The summed E-state index contributed by atoms with van der Waals surface area (Å²) in [5.41, 5.74) is 0.800. The van der Waals surface area contributed by atoms with Crippen LogP contribution in [-0.4, -0.2) is 42.4 Å². The van der Waals surface area contributed by atoms with Crippen LogP contribution in [0.5, 0.6) is 5.75 Å². The number of aromatic nitrogens is 1. The third-order valence-electron chi connectivity index (χ3n) is 6.18. The second-order valence-corrected chi connectivity index (χ2v) is 11.7. The Morgan fingerprint density at radius 1 is 1.07 bits per heavy atom. The summed E-state index contributed by atoms with van der Waals surface area (Å²) < 4.78 is 78.5. The van der Waals surface area contributed by atoms with Crippen LogP contribution in [0.3, 0.4) is 0 Å². The van der Waals surface area contributed by atoms with Crippen molar-refractivity contribution in [1.29, 1.82) is 0 Å². The average molecular weight is 622 g/mol. The predicted molar refractivity (Wildman–Crippen MR) is 152 cm³/mol. The molecule has 0 radical (unpaired) electrons. The minimum atomic E-state index is -4.46. The normalized spacial score (nSPS) is 12.0. The fourth-order valence-corrected chi connectivity index (χ4v) is 5.38. The molecule has 42 heavy (non-hydrogen) atoms. The minimum Gasteiger partial charge on any atom is -0.487 e. The molecule has 0 saturated carbocycles. The number of carbonyl (C=O) groups is 1. The Morgan fingerprint density at radius 2 is 1.74 bits per heavy atom. The van der Waals surface area contributed by atoms with E-state index in [1.54, 1.807) is 55.5 Å². The van der Waals surface area contributed by atoms with Crippen LogP contribution in [0.2, 0.25) is 0 Å². The van der Waals surface area contributed by atoms with E-state index in [1.807, 2.05) is 0 Å². The highest BCUT2D eigenvalue weighted by molar-refractivity contribution is 7.90. The van der Waals surface area contributed by atoms with Crippen LogP contribution in [0.1, 0.15) is 22.6 Å². The van der Waals surface area contributed by atoms with Gasteiger partial charge in [0.1, 0.15) is 30.4 Å². The van der Waals surface area contributed by atoms with Gasteiger partial charge in [0.2, 0.25) is 5.89 Å². The monoisotopic (exact) mass is 621 g/mol. The van der Waals surface area contributed by atoms with Crippen molar-refractivity contribution in [3.63, 3.8) is 0 Å². The summed E-state index contributed by atoms with van der Waals surface area (Å²) in [6.45, 7) is 0.584. The molecule has 0 atom stereocenters. The molecular formula is C28H26F3N3O6S2. The van der Waals surface area contributed by atoms with E-state index in [9.17, 15) is 31.5 Å².